The van der Waals surface area contributed by atoms with Gasteiger partial charge in [0, 0.05) is 24.0 Å². The van der Waals surface area contributed by atoms with E-state index in [9.17, 15) is 18.7 Å². The van der Waals surface area contributed by atoms with Crippen LogP contribution < -0.4 is 5.11 Å². The zero-order chi connectivity index (χ0) is 13.1. The predicted octanol–water partition coefficient (Wildman–Crippen LogP) is 1.92. The van der Waals surface area contributed by atoms with Crippen molar-refractivity contribution < 1.29 is 18.7 Å². The molecule has 92 valence electrons. The Labute approximate surface area is 103 Å². The van der Waals surface area contributed by atoms with Crippen LogP contribution >= 0.6 is 0 Å². The zero-order valence-corrected chi connectivity index (χ0v) is 9.32. The summed E-state index contributed by atoms with van der Waals surface area (Å²) in [5.41, 5.74) is 1.41. The summed E-state index contributed by atoms with van der Waals surface area (Å²) in [5.74, 6) is -2.46. The SMILES string of the molecule is O=C([O-])Cc1ccc(-c2ccc(F)cc2F)cc1. The van der Waals surface area contributed by atoms with Gasteiger partial charge in [-0.15, -0.1) is 0 Å². The van der Waals surface area contributed by atoms with Gasteiger partial charge in [-0.3, -0.25) is 0 Å². The van der Waals surface area contributed by atoms with Crippen molar-refractivity contribution in [3.05, 3.63) is 59.7 Å². The predicted molar refractivity (Wildman–Crippen MR) is 60.5 cm³/mol. The number of carboxylic acid groups (broad SMARTS) is 1. The number of hydrogen-bond donors (Lipinski definition) is 0. The molecule has 0 N–H and O–H groups in total. The van der Waals surface area contributed by atoms with E-state index in [1.165, 1.54) is 12.1 Å². The minimum Gasteiger partial charge on any atom is -0.550 e. The molecule has 0 aliphatic carbocycles. The average molecular weight is 247 g/mol. The molecule has 0 atom stereocenters. The maximum Gasteiger partial charge on any atom is 0.133 e. The second kappa shape index (κ2) is 4.96. The molecule has 0 spiro atoms. The smallest absolute Gasteiger partial charge is 0.133 e. The van der Waals surface area contributed by atoms with E-state index < -0.39 is 17.6 Å². The summed E-state index contributed by atoms with van der Waals surface area (Å²) in [6, 6.07) is 9.67. The van der Waals surface area contributed by atoms with E-state index in [4.69, 9.17) is 0 Å². The molecule has 2 rings (SSSR count). The van der Waals surface area contributed by atoms with Crippen molar-refractivity contribution in [3.63, 3.8) is 0 Å². The highest BCUT2D eigenvalue weighted by atomic mass is 19.1. The van der Waals surface area contributed by atoms with E-state index in [0.717, 1.165) is 6.07 Å². The van der Waals surface area contributed by atoms with Crippen molar-refractivity contribution in [2.45, 2.75) is 6.42 Å². The molecule has 0 aliphatic rings. The van der Waals surface area contributed by atoms with Crippen molar-refractivity contribution in [2.75, 3.05) is 0 Å². The molecule has 0 aliphatic heterocycles. The number of carboxylic acids is 1. The average Bonchev–Trinajstić information content (AvgIpc) is 2.30. The third kappa shape index (κ3) is 2.71. The highest BCUT2D eigenvalue weighted by Gasteiger charge is 2.06. The second-order valence-corrected chi connectivity index (χ2v) is 3.87. The minimum absolute atomic E-state index is 0.188. The molecule has 0 aromatic heterocycles. The Hall–Kier alpha value is -2.23. The Balaban J connectivity index is 2.31. The maximum absolute atomic E-state index is 13.5. The lowest BCUT2D eigenvalue weighted by atomic mass is 10.0. The summed E-state index contributed by atoms with van der Waals surface area (Å²) in [7, 11) is 0. The van der Waals surface area contributed by atoms with E-state index in [1.54, 1.807) is 24.3 Å². The van der Waals surface area contributed by atoms with Gasteiger partial charge < -0.3 is 9.90 Å². The van der Waals surface area contributed by atoms with Crippen LogP contribution in [0.3, 0.4) is 0 Å². The number of rotatable bonds is 3. The highest BCUT2D eigenvalue weighted by molar-refractivity contribution is 5.69. The van der Waals surface area contributed by atoms with E-state index in [-0.39, 0.29) is 12.0 Å². The molecule has 4 heteroatoms. The molecule has 0 fully saturated rings. The fraction of sp³-hybridized carbons (Fsp3) is 0.0714. The Bertz CT molecular complexity index is 577. The summed E-state index contributed by atoms with van der Waals surface area (Å²) >= 11 is 0. The normalized spacial score (nSPS) is 10.3. The van der Waals surface area contributed by atoms with Gasteiger partial charge in [0.05, 0.1) is 0 Å². The number of carbonyl (C=O) groups is 1. The van der Waals surface area contributed by atoms with E-state index in [0.29, 0.717) is 11.1 Å². The summed E-state index contributed by atoms with van der Waals surface area (Å²) in [6.45, 7) is 0. The van der Waals surface area contributed by atoms with Crippen LogP contribution in [-0.2, 0) is 11.2 Å². The van der Waals surface area contributed by atoms with Crippen molar-refractivity contribution in [1.82, 2.24) is 0 Å². The van der Waals surface area contributed by atoms with Gasteiger partial charge in [0.15, 0.2) is 0 Å². The summed E-state index contributed by atoms with van der Waals surface area (Å²) in [5, 5.41) is 10.4. The van der Waals surface area contributed by atoms with Gasteiger partial charge in [-0.1, -0.05) is 24.3 Å². The molecular formula is C14H9F2O2-. The number of hydrogen-bond acceptors (Lipinski definition) is 2. The largest absolute Gasteiger partial charge is 0.550 e. The lowest BCUT2D eigenvalue weighted by Crippen LogP contribution is -2.24. The van der Waals surface area contributed by atoms with Gasteiger partial charge in [-0.2, -0.15) is 0 Å². The third-order valence-electron chi connectivity index (χ3n) is 2.54. The van der Waals surface area contributed by atoms with Gasteiger partial charge in [0.1, 0.15) is 11.6 Å². The van der Waals surface area contributed by atoms with Gasteiger partial charge in [0.2, 0.25) is 0 Å². The minimum atomic E-state index is -1.17. The van der Waals surface area contributed by atoms with E-state index in [2.05, 4.69) is 0 Å². The number of benzene rings is 2. The lowest BCUT2D eigenvalue weighted by molar-refractivity contribution is -0.304. The van der Waals surface area contributed by atoms with Crippen molar-refractivity contribution in [3.8, 4) is 11.1 Å². The van der Waals surface area contributed by atoms with Gasteiger partial charge in [-0.25, -0.2) is 8.78 Å². The van der Waals surface area contributed by atoms with Crippen LogP contribution in [-0.4, -0.2) is 5.97 Å². The number of aliphatic carboxylic acids is 1. The summed E-state index contributed by atoms with van der Waals surface area (Å²) in [6.07, 6.45) is -0.188. The molecule has 2 aromatic carbocycles. The Kier molecular flexibility index (Phi) is 3.37. The first-order valence-corrected chi connectivity index (χ1v) is 5.30. The first-order chi connectivity index (χ1) is 8.56. The van der Waals surface area contributed by atoms with Gasteiger partial charge in [0.25, 0.3) is 0 Å². The molecule has 0 amide bonds. The summed E-state index contributed by atoms with van der Waals surface area (Å²) in [4.78, 5) is 10.4. The first kappa shape index (κ1) is 12.2. The fourth-order valence-electron chi connectivity index (χ4n) is 1.69. The standard InChI is InChI=1S/C14H10F2O2/c15-11-5-6-12(13(16)8-11)10-3-1-9(2-4-10)7-14(17)18/h1-6,8H,7H2,(H,17,18)/p-1. The van der Waals surface area contributed by atoms with Gasteiger partial charge >= 0.3 is 0 Å². The van der Waals surface area contributed by atoms with Crippen LogP contribution in [0.5, 0.6) is 0 Å². The van der Waals surface area contributed by atoms with Crippen LogP contribution in [0.15, 0.2) is 42.5 Å². The van der Waals surface area contributed by atoms with Crippen molar-refractivity contribution in [2.24, 2.45) is 0 Å². The van der Waals surface area contributed by atoms with Gasteiger partial charge in [-0.05, 0) is 23.3 Å². The van der Waals surface area contributed by atoms with E-state index >= 15 is 0 Å². The first-order valence-electron chi connectivity index (χ1n) is 5.30. The molecule has 2 aromatic rings. The van der Waals surface area contributed by atoms with Crippen molar-refractivity contribution in [1.29, 1.82) is 0 Å². The monoisotopic (exact) mass is 247 g/mol. The van der Waals surface area contributed by atoms with Crippen molar-refractivity contribution >= 4 is 5.97 Å². The lowest BCUT2D eigenvalue weighted by Gasteiger charge is -2.06. The molecule has 0 radical (unpaired) electrons. The Morgan fingerprint density at radius 2 is 1.72 bits per heavy atom. The quantitative estimate of drug-likeness (QED) is 0.831. The van der Waals surface area contributed by atoms with E-state index in [1.807, 2.05) is 0 Å². The highest BCUT2D eigenvalue weighted by Crippen LogP contribution is 2.23. The Morgan fingerprint density at radius 3 is 2.28 bits per heavy atom. The fourth-order valence-corrected chi connectivity index (χ4v) is 1.69. The van der Waals surface area contributed by atoms with Crippen LogP contribution in [0.1, 0.15) is 5.56 Å². The maximum atomic E-state index is 13.5. The molecule has 0 unspecified atom stereocenters. The van der Waals surface area contributed by atoms with Crippen LogP contribution in [0.2, 0.25) is 0 Å². The molecule has 0 bridgehead atoms. The zero-order valence-electron chi connectivity index (χ0n) is 9.32. The number of halogens is 2. The number of carbonyl (C=O) groups excluding carboxylic acids is 1. The third-order valence-corrected chi connectivity index (χ3v) is 2.54. The molecule has 18 heavy (non-hydrogen) atoms. The van der Waals surface area contributed by atoms with Crippen LogP contribution in [0, 0.1) is 11.6 Å². The molecular weight excluding hydrogens is 238 g/mol. The molecule has 2 nitrogen and oxygen atoms in total. The topological polar surface area (TPSA) is 40.1 Å². The summed E-state index contributed by atoms with van der Waals surface area (Å²) < 4.78 is 26.3. The second-order valence-electron chi connectivity index (χ2n) is 3.87. The molecule has 0 heterocycles. The van der Waals surface area contributed by atoms with Crippen LogP contribution in [0.25, 0.3) is 11.1 Å². The van der Waals surface area contributed by atoms with Crippen LogP contribution in [0.4, 0.5) is 8.78 Å². The molecule has 0 saturated heterocycles. The molecule has 0 saturated carbocycles. The Morgan fingerprint density at radius 1 is 1.06 bits per heavy atom.